The van der Waals surface area contributed by atoms with Gasteiger partial charge in [-0.15, -0.1) is 0 Å². The standard InChI is InChI=1S/C14H30N2O/c1-4-10-15-11-14(12-17-3)16(2)13-8-6-5-7-9-13/h13-15H,4-12H2,1-3H3. The summed E-state index contributed by atoms with van der Waals surface area (Å²) in [5.41, 5.74) is 0. The molecule has 1 saturated carbocycles. The Hall–Kier alpha value is -0.120. The van der Waals surface area contributed by atoms with Crippen LogP contribution >= 0.6 is 0 Å². The molecule has 0 bridgehead atoms. The summed E-state index contributed by atoms with van der Waals surface area (Å²) in [4.78, 5) is 2.55. The van der Waals surface area contributed by atoms with Crippen molar-refractivity contribution in [3.05, 3.63) is 0 Å². The third kappa shape index (κ3) is 5.36. The molecule has 0 amide bonds. The van der Waals surface area contributed by atoms with Crippen molar-refractivity contribution >= 4 is 0 Å². The van der Waals surface area contributed by atoms with E-state index in [1.807, 2.05) is 7.11 Å². The van der Waals surface area contributed by atoms with E-state index >= 15 is 0 Å². The molecule has 0 aromatic carbocycles. The van der Waals surface area contributed by atoms with Crippen LogP contribution in [-0.2, 0) is 4.74 Å². The lowest BCUT2D eigenvalue weighted by molar-refractivity contribution is 0.0665. The van der Waals surface area contributed by atoms with E-state index in [4.69, 9.17) is 4.74 Å². The van der Waals surface area contributed by atoms with E-state index in [1.165, 1.54) is 38.5 Å². The topological polar surface area (TPSA) is 24.5 Å². The Balaban J connectivity index is 2.37. The molecule has 0 aromatic heterocycles. The van der Waals surface area contributed by atoms with Gasteiger partial charge >= 0.3 is 0 Å². The van der Waals surface area contributed by atoms with Crippen LogP contribution in [0.25, 0.3) is 0 Å². The molecule has 0 heterocycles. The number of hydrogen-bond acceptors (Lipinski definition) is 3. The maximum atomic E-state index is 5.36. The Morgan fingerprint density at radius 3 is 2.59 bits per heavy atom. The van der Waals surface area contributed by atoms with E-state index in [0.717, 1.165) is 25.7 Å². The van der Waals surface area contributed by atoms with Gasteiger partial charge in [0, 0.05) is 25.7 Å². The summed E-state index contributed by atoms with van der Waals surface area (Å²) in [6.07, 6.45) is 8.16. The average molecular weight is 242 g/mol. The van der Waals surface area contributed by atoms with Crippen LogP contribution in [0.4, 0.5) is 0 Å². The van der Waals surface area contributed by atoms with Gasteiger partial charge in [0.2, 0.25) is 0 Å². The van der Waals surface area contributed by atoms with E-state index in [0.29, 0.717) is 6.04 Å². The predicted octanol–water partition coefficient (Wildman–Crippen LogP) is 2.27. The lowest BCUT2D eigenvalue weighted by Crippen LogP contribution is -2.48. The molecule has 0 aromatic rings. The zero-order chi connectivity index (χ0) is 12.5. The van der Waals surface area contributed by atoms with Gasteiger partial charge in [0.15, 0.2) is 0 Å². The van der Waals surface area contributed by atoms with Gasteiger partial charge in [0.1, 0.15) is 0 Å². The van der Waals surface area contributed by atoms with Crippen LogP contribution in [0.5, 0.6) is 0 Å². The number of methoxy groups -OCH3 is 1. The molecule has 1 rings (SSSR count). The van der Waals surface area contributed by atoms with Gasteiger partial charge < -0.3 is 10.1 Å². The van der Waals surface area contributed by atoms with Gasteiger partial charge in [-0.1, -0.05) is 26.2 Å². The van der Waals surface area contributed by atoms with E-state index < -0.39 is 0 Å². The molecule has 1 fully saturated rings. The minimum Gasteiger partial charge on any atom is -0.383 e. The van der Waals surface area contributed by atoms with Crippen LogP contribution in [0.2, 0.25) is 0 Å². The highest BCUT2D eigenvalue weighted by atomic mass is 16.5. The van der Waals surface area contributed by atoms with Crippen molar-refractivity contribution in [2.24, 2.45) is 0 Å². The number of hydrogen-bond donors (Lipinski definition) is 1. The van der Waals surface area contributed by atoms with Crippen molar-refractivity contribution in [2.45, 2.75) is 57.5 Å². The number of likely N-dealkylation sites (N-methyl/N-ethyl adjacent to an activating group) is 1. The first kappa shape index (κ1) is 14.9. The largest absolute Gasteiger partial charge is 0.383 e. The summed E-state index contributed by atoms with van der Waals surface area (Å²) >= 11 is 0. The van der Waals surface area contributed by atoms with Crippen LogP contribution in [0.15, 0.2) is 0 Å². The Labute approximate surface area is 107 Å². The molecule has 3 nitrogen and oxygen atoms in total. The van der Waals surface area contributed by atoms with Gasteiger partial charge in [0.25, 0.3) is 0 Å². The number of ether oxygens (including phenoxy) is 1. The van der Waals surface area contributed by atoms with Crippen LogP contribution in [0.3, 0.4) is 0 Å². The van der Waals surface area contributed by atoms with E-state index in [2.05, 4.69) is 24.2 Å². The molecular weight excluding hydrogens is 212 g/mol. The third-order valence-electron chi connectivity index (χ3n) is 3.89. The fourth-order valence-electron chi connectivity index (χ4n) is 2.74. The smallest absolute Gasteiger partial charge is 0.0630 e. The summed E-state index contributed by atoms with van der Waals surface area (Å²) in [7, 11) is 4.08. The van der Waals surface area contributed by atoms with E-state index in [1.54, 1.807) is 0 Å². The fourth-order valence-corrected chi connectivity index (χ4v) is 2.74. The Morgan fingerprint density at radius 2 is 2.00 bits per heavy atom. The molecule has 102 valence electrons. The molecule has 1 aliphatic rings. The van der Waals surface area contributed by atoms with Crippen molar-refractivity contribution in [2.75, 3.05) is 33.9 Å². The second kappa shape index (κ2) is 8.90. The third-order valence-corrected chi connectivity index (χ3v) is 3.89. The number of nitrogens with zero attached hydrogens (tertiary/aromatic N) is 1. The van der Waals surface area contributed by atoms with Crippen LogP contribution in [-0.4, -0.2) is 50.8 Å². The summed E-state index contributed by atoms with van der Waals surface area (Å²) in [6.45, 7) is 5.21. The molecule has 17 heavy (non-hydrogen) atoms. The molecular formula is C14H30N2O. The minimum atomic E-state index is 0.523. The summed E-state index contributed by atoms with van der Waals surface area (Å²) in [5.74, 6) is 0. The maximum Gasteiger partial charge on any atom is 0.0630 e. The van der Waals surface area contributed by atoms with Crippen molar-refractivity contribution in [3.63, 3.8) is 0 Å². The van der Waals surface area contributed by atoms with Crippen LogP contribution in [0.1, 0.15) is 45.4 Å². The number of nitrogens with one attached hydrogen (secondary N) is 1. The first-order chi connectivity index (χ1) is 8.29. The molecule has 0 aliphatic heterocycles. The van der Waals surface area contributed by atoms with Gasteiger partial charge in [0.05, 0.1) is 6.61 Å². The summed E-state index contributed by atoms with van der Waals surface area (Å²) in [6, 6.07) is 1.29. The van der Waals surface area contributed by atoms with Gasteiger partial charge in [-0.05, 0) is 32.9 Å². The lowest BCUT2D eigenvalue weighted by atomic mass is 9.93. The van der Waals surface area contributed by atoms with Crippen molar-refractivity contribution in [3.8, 4) is 0 Å². The first-order valence-corrected chi connectivity index (χ1v) is 7.21. The Kier molecular flexibility index (Phi) is 7.82. The zero-order valence-electron chi connectivity index (χ0n) is 11.9. The molecule has 3 heteroatoms. The summed E-state index contributed by atoms with van der Waals surface area (Å²) in [5, 5.41) is 3.52. The highest BCUT2D eigenvalue weighted by Crippen LogP contribution is 2.22. The highest BCUT2D eigenvalue weighted by molar-refractivity contribution is 4.80. The quantitative estimate of drug-likeness (QED) is 0.661. The minimum absolute atomic E-state index is 0.523. The SMILES string of the molecule is CCCNCC(COC)N(C)C1CCCCC1. The molecule has 1 atom stereocenters. The van der Waals surface area contributed by atoms with Gasteiger partial charge in [-0.25, -0.2) is 0 Å². The highest BCUT2D eigenvalue weighted by Gasteiger charge is 2.24. The number of rotatable bonds is 8. The van der Waals surface area contributed by atoms with E-state index in [-0.39, 0.29) is 0 Å². The first-order valence-electron chi connectivity index (χ1n) is 7.21. The normalized spacial score (nSPS) is 19.8. The molecule has 0 spiro atoms. The van der Waals surface area contributed by atoms with Crippen LogP contribution < -0.4 is 5.32 Å². The average Bonchev–Trinajstić information content (AvgIpc) is 2.38. The molecule has 1 N–H and O–H groups in total. The maximum absolute atomic E-state index is 5.36. The van der Waals surface area contributed by atoms with Crippen molar-refractivity contribution < 1.29 is 4.74 Å². The predicted molar refractivity (Wildman–Crippen MR) is 73.5 cm³/mol. The second-order valence-electron chi connectivity index (χ2n) is 5.27. The Bertz CT molecular complexity index is 181. The molecule has 0 radical (unpaired) electrons. The zero-order valence-corrected chi connectivity index (χ0v) is 11.9. The van der Waals surface area contributed by atoms with Gasteiger partial charge in [-0.2, -0.15) is 0 Å². The molecule has 0 saturated heterocycles. The second-order valence-corrected chi connectivity index (χ2v) is 5.27. The van der Waals surface area contributed by atoms with Crippen LogP contribution in [0, 0.1) is 0 Å². The molecule has 1 unspecified atom stereocenters. The molecule has 1 aliphatic carbocycles. The van der Waals surface area contributed by atoms with Crippen molar-refractivity contribution in [1.29, 1.82) is 0 Å². The Morgan fingerprint density at radius 1 is 1.29 bits per heavy atom. The van der Waals surface area contributed by atoms with Gasteiger partial charge in [-0.3, -0.25) is 4.90 Å². The van der Waals surface area contributed by atoms with E-state index in [9.17, 15) is 0 Å². The lowest BCUT2D eigenvalue weighted by Gasteiger charge is -2.37. The monoisotopic (exact) mass is 242 g/mol. The fraction of sp³-hybridized carbons (Fsp3) is 1.00. The van der Waals surface area contributed by atoms with Crippen molar-refractivity contribution in [1.82, 2.24) is 10.2 Å². The summed E-state index contributed by atoms with van der Waals surface area (Å²) < 4.78 is 5.36.